The van der Waals surface area contributed by atoms with Crippen LogP contribution in [0.3, 0.4) is 0 Å². The highest BCUT2D eigenvalue weighted by Gasteiger charge is 2.16. The van der Waals surface area contributed by atoms with E-state index in [1.54, 1.807) is 7.11 Å². The van der Waals surface area contributed by atoms with Crippen LogP contribution in [-0.4, -0.2) is 36.0 Å². The van der Waals surface area contributed by atoms with Crippen molar-refractivity contribution in [2.75, 3.05) is 24.7 Å². The highest BCUT2D eigenvalue weighted by molar-refractivity contribution is 8.14. The molecule has 2 aromatic carbocycles. The van der Waals surface area contributed by atoms with Gasteiger partial charge in [-0.25, -0.2) is 0 Å². The molecule has 2 aromatic rings. The average Bonchev–Trinajstić information content (AvgIpc) is 3.18. The lowest BCUT2D eigenvalue weighted by atomic mass is 10.1. The van der Waals surface area contributed by atoms with Crippen LogP contribution < -0.4 is 15.4 Å². The Kier molecular flexibility index (Phi) is 8.33. The van der Waals surface area contributed by atoms with E-state index >= 15 is 0 Å². The minimum Gasteiger partial charge on any atom is -0.496 e. The topological polar surface area (TPSA) is 45.6 Å². The number of hydrogen-bond acceptors (Lipinski definition) is 6. The van der Waals surface area contributed by atoms with Crippen molar-refractivity contribution >= 4 is 34.4 Å². The van der Waals surface area contributed by atoms with E-state index in [1.165, 1.54) is 16.0 Å². The lowest BCUT2D eigenvalue weighted by Gasteiger charge is -2.16. The molecule has 1 heterocycles. The first-order valence-corrected chi connectivity index (χ1v) is 12.1. The van der Waals surface area contributed by atoms with Crippen molar-refractivity contribution in [2.45, 2.75) is 49.9 Å². The van der Waals surface area contributed by atoms with Gasteiger partial charge in [0.1, 0.15) is 5.75 Å². The minimum atomic E-state index is 0.339. The van der Waals surface area contributed by atoms with E-state index in [1.807, 2.05) is 29.6 Å². The van der Waals surface area contributed by atoms with E-state index in [9.17, 15) is 0 Å². The van der Waals surface area contributed by atoms with Gasteiger partial charge in [-0.2, -0.15) is 0 Å². The lowest BCUT2D eigenvalue weighted by Crippen LogP contribution is -2.25. The van der Waals surface area contributed by atoms with E-state index in [4.69, 9.17) is 9.73 Å². The maximum Gasteiger partial charge on any atom is 0.161 e. The molecule has 0 aliphatic carbocycles. The first-order valence-electron chi connectivity index (χ1n) is 10.2. The van der Waals surface area contributed by atoms with Crippen molar-refractivity contribution in [1.29, 1.82) is 0 Å². The molecule has 0 amide bonds. The Balaban J connectivity index is 1.43. The fraction of sp³-hybridized carbons (Fsp3) is 0.435. The number of hydrogen-bond donors (Lipinski definition) is 2. The highest BCUT2D eigenvalue weighted by atomic mass is 32.2. The summed E-state index contributed by atoms with van der Waals surface area (Å²) in [6.45, 7) is 7.46. The second kappa shape index (κ2) is 11.0. The highest BCUT2D eigenvalue weighted by Crippen LogP contribution is 2.31. The number of rotatable bonds is 9. The Morgan fingerprint density at radius 2 is 2.03 bits per heavy atom. The summed E-state index contributed by atoms with van der Waals surface area (Å²) in [7, 11) is 1.72. The molecule has 2 atom stereocenters. The van der Waals surface area contributed by atoms with Crippen molar-refractivity contribution in [3.8, 4) is 5.75 Å². The van der Waals surface area contributed by atoms with Crippen LogP contribution in [0.1, 0.15) is 31.4 Å². The summed E-state index contributed by atoms with van der Waals surface area (Å²) in [5.41, 5.74) is 3.65. The summed E-state index contributed by atoms with van der Waals surface area (Å²) in [4.78, 5) is 5.95. The maximum absolute atomic E-state index is 5.42. The monoisotopic (exact) mass is 429 g/mol. The van der Waals surface area contributed by atoms with Gasteiger partial charge in [-0.1, -0.05) is 36.9 Å². The van der Waals surface area contributed by atoms with Crippen LogP contribution in [0.4, 0.5) is 5.69 Å². The van der Waals surface area contributed by atoms with Gasteiger partial charge in [0, 0.05) is 28.4 Å². The Bertz CT molecular complexity index is 823. The number of amidine groups is 1. The van der Waals surface area contributed by atoms with Gasteiger partial charge < -0.3 is 15.4 Å². The second-order valence-corrected chi connectivity index (χ2v) is 9.57. The molecule has 6 heteroatoms. The molecular formula is C23H31N3OS2. The zero-order valence-corrected chi connectivity index (χ0v) is 19.3. The van der Waals surface area contributed by atoms with Gasteiger partial charge in [0.25, 0.3) is 0 Å². The average molecular weight is 430 g/mol. The number of ether oxygens (including phenoxy) is 1. The Labute approximate surface area is 183 Å². The van der Waals surface area contributed by atoms with E-state index < -0.39 is 0 Å². The number of thioether (sulfide) groups is 2. The quantitative estimate of drug-likeness (QED) is 0.403. The number of benzene rings is 2. The normalized spacial score (nSPS) is 17.1. The van der Waals surface area contributed by atoms with Crippen LogP contribution in [0, 0.1) is 6.92 Å². The smallest absolute Gasteiger partial charge is 0.161 e. The summed E-state index contributed by atoms with van der Waals surface area (Å²) in [5.74, 6) is 2.04. The molecule has 0 bridgehead atoms. The Morgan fingerprint density at radius 3 is 2.72 bits per heavy atom. The predicted molar refractivity (Wildman–Crippen MR) is 129 cm³/mol. The number of anilines is 1. The number of methoxy groups -OCH3 is 1. The van der Waals surface area contributed by atoms with Crippen molar-refractivity contribution in [3.05, 3.63) is 53.6 Å². The summed E-state index contributed by atoms with van der Waals surface area (Å²) in [6.07, 6.45) is 2.12. The van der Waals surface area contributed by atoms with Gasteiger partial charge in [0.15, 0.2) is 5.17 Å². The fourth-order valence-electron chi connectivity index (χ4n) is 3.17. The third kappa shape index (κ3) is 6.43. The van der Waals surface area contributed by atoms with Crippen molar-refractivity contribution < 1.29 is 4.74 Å². The van der Waals surface area contributed by atoms with E-state index in [2.05, 4.69) is 67.8 Å². The molecule has 2 unspecified atom stereocenters. The van der Waals surface area contributed by atoms with Crippen molar-refractivity contribution in [3.63, 3.8) is 0 Å². The SMILES string of the molecule is CCC1CSC(Nc2ccc(CCNC(C)Sc3cccc(OC)c3C)cc2)=N1. The van der Waals surface area contributed by atoms with Gasteiger partial charge in [-0.15, -0.1) is 11.8 Å². The zero-order chi connectivity index (χ0) is 20.6. The zero-order valence-electron chi connectivity index (χ0n) is 17.7. The summed E-state index contributed by atoms with van der Waals surface area (Å²) < 4.78 is 5.42. The third-order valence-corrected chi connectivity index (χ3v) is 7.24. The van der Waals surface area contributed by atoms with E-state index in [-0.39, 0.29) is 0 Å². The van der Waals surface area contributed by atoms with E-state index in [0.717, 1.165) is 41.7 Å². The molecule has 156 valence electrons. The number of nitrogens with one attached hydrogen (secondary N) is 2. The molecule has 2 N–H and O–H groups in total. The summed E-state index contributed by atoms with van der Waals surface area (Å²) >= 11 is 3.65. The van der Waals surface area contributed by atoms with Gasteiger partial charge in [-0.05, 0) is 56.5 Å². The van der Waals surface area contributed by atoms with E-state index in [0.29, 0.717) is 11.4 Å². The molecular weight excluding hydrogens is 398 g/mol. The van der Waals surface area contributed by atoms with Crippen LogP contribution in [0.2, 0.25) is 0 Å². The Morgan fingerprint density at radius 1 is 1.24 bits per heavy atom. The molecule has 0 saturated heterocycles. The number of aliphatic imine (C=N–C) groups is 1. The van der Waals surface area contributed by atoms with Gasteiger partial charge >= 0.3 is 0 Å². The molecule has 0 spiro atoms. The van der Waals surface area contributed by atoms with Crippen LogP contribution in [-0.2, 0) is 6.42 Å². The molecule has 1 aliphatic rings. The van der Waals surface area contributed by atoms with Gasteiger partial charge in [0.2, 0.25) is 0 Å². The van der Waals surface area contributed by atoms with Crippen LogP contribution in [0.15, 0.2) is 52.4 Å². The fourth-order valence-corrected chi connectivity index (χ4v) is 5.26. The van der Waals surface area contributed by atoms with Gasteiger partial charge in [0.05, 0.1) is 18.5 Å². The predicted octanol–water partition coefficient (Wildman–Crippen LogP) is 5.57. The van der Waals surface area contributed by atoms with Crippen LogP contribution in [0.25, 0.3) is 0 Å². The van der Waals surface area contributed by atoms with Crippen molar-refractivity contribution in [2.24, 2.45) is 4.99 Å². The van der Waals surface area contributed by atoms with Crippen LogP contribution in [0.5, 0.6) is 5.75 Å². The number of nitrogens with zero attached hydrogens (tertiary/aromatic N) is 1. The molecule has 0 aromatic heterocycles. The molecule has 1 aliphatic heterocycles. The molecule has 3 rings (SSSR count). The summed E-state index contributed by atoms with van der Waals surface area (Å²) in [5, 5.41) is 8.43. The second-order valence-electron chi connectivity index (χ2n) is 7.18. The van der Waals surface area contributed by atoms with Crippen LogP contribution >= 0.6 is 23.5 Å². The lowest BCUT2D eigenvalue weighted by molar-refractivity contribution is 0.410. The standard InChI is InChI=1S/C23H31N3OS2/c1-5-19-15-28-23(25-19)26-20-11-9-18(10-12-20)13-14-24-17(3)29-22-8-6-7-21(27-4)16(22)2/h6-12,17,19,24H,5,13-15H2,1-4H3,(H,25,26). The van der Waals surface area contributed by atoms with Crippen molar-refractivity contribution in [1.82, 2.24) is 5.32 Å². The minimum absolute atomic E-state index is 0.339. The Hall–Kier alpha value is -1.63. The third-order valence-electron chi connectivity index (χ3n) is 4.99. The molecule has 0 saturated carbocycles. The molecule has 29 heavy (non-hydrogen) atoms. The van der Waals surface area contributed by atoms with Gasteiger partial charge in [-0.3, -0.25) is 4.99 Å². The molecule has 4 nitrogen and oxygen atoms in total. The molecule has 0 radical (unpaired) electrons. The first-order chi connectivity index (χ1) is 14.1. The maximum atomic E-state index is 5.42. The summed E-state index contributed by atoms with van der Waals surface area (Å²) in [6, 6.07) is 15.4. The molecule has 0 fully saturated rings. The largest absolute Gasteiger partial charge is 0.496 e. The first kappa shape index (κ1) is 22.1.